The standard InChI is InChI=1S/C7H10N.C5H5.Fe/c1-2-8-7-5-3-4-6-7;1-2-4-5-3-1;/h3-6,8H,2H2,1H3;1-5H;/q2*-1;+2. The summed E-state index contributed by atoms with van der Waals surface area (Å²) in [6.07, 6.45) is 0. The monoisotopic (exact) mass is 229 g/mol. The van der Waals surface area contributed by atoms with Crippen LogP contribution < -0.4 is 5.32 Å². The molecular weight excluding hydrogens is 214 g/mol. The number of nitrogens with one attached hydrogen (secondary N) is 1. The zero-order chi connectivity index (χ0) is 9.36. The van der Waals surface area contributed by atoms with Crippen LogP contribution in [0.3, 0.4) is 0 Å². The average Bonchev–Trinajstić information content (AvgIpc) is 2.79. The molecule has 0 spiro atoms. The van der Waals surface area contributed by atoms with Crippen molar-refractivity contribution >= 4 is 5.69 Å². The molecule has 0 aliphatic heterocycles. The van der Waals surface area contributed by atoms with Gasteiger partial charge >= 0.3 is 17.1 Å². The van der Waals surface area contributed by atoms with Gasteiger partial charge in [0.15, 0.2) is 0 Å². The van der Waals surface area contributed by atoms with Gasteiger partial charge in [-0.1, -0.05) is 5.69 Å². The molecule has 0 aromatic heterocycles. The van der Waals surface area contributed by atoms with Crippen LogP contribution in [0.2, 0.25) is 0 Å². The molecule has 2 heteroatoms. The van der Waals surface area contributed by atoms with Crippen molar-refractivity contribution in [2.24, 2.45) is 0 Å². The Balaban J connectivity index is 0.000000246. The summed E-state index contributed by atoms with van der Waals surface area (Å²) in [5, 5.41) is 3.19. The fraction of sp³-hybridized carbons (Fsp3) is 0.167. The molecule has 1 N–H and O–H groups in total. The molecule has 2 aromatic carbocycles. The third-order valence-electron chi connectivity index (χ3n) is 1.60. The molecule has 2 aromatic rings. The Bertz CT molecular complexity index is 254. The third-order valence-corrected chi connectivity index (χ3v) is 1.60. The van der Waals surface area contributed by atoms with Gasteiger partial charge in [-0.15, -0.1) is 0 Å². The van der Waals surface area contributed by atoms with Gasteiger partial charge in [0.25, 0.3) is 0 Å². The van der Waals surface area contributed by atoms with E-state index in [4.69, 9.17) is 0 Å². The van der Waals surface area contributed by atoms with Gasteiger partial charge < -0.3 is 5.32 Å². The van der Waals surface area contributed by atoms with Crippen molar-refractivity contribution in [2.75, 3.05) is 11.9 Å². The Kier molecular flexibility index (Phi) is 8.01. The Morgan fingerprint density at radius 2 is 1.64 bits per heavy atom. The molecule has 1 nitrogen and oxygen atoms in total. The van der Waals surface area contributed by atoms with Crippen LogP contribution in [-0.2, 0) is 17.1 Å². The van der Waals surface area contributed by atoms with Gasteiger partial charge in [-0.3, -0.25) is 0 Å². The molecule has 14 heavy (non-hydrogen) atoms. The zero-order valence-corrected chi connectivity index (χ0v) is 9.36. The summed E-state index contributed by atoms with van der Waals surface area (Å²) in [6.45, 7) is 3.09. The first-order chi connectivity index (χ1) is 6.43. The Morgan fingerprint density at radius 1 is 1.07 bits per heavy atom. The minimum Gasteiger partial charge on any atom is -0.437 e. The molecule has 76 valence electrons. The number of hydrogen-bond donors (Lipinski definition) is 1. The molecule has 0 aliphatic carbocycles. The van der Waals surface area contributed by atoms with E-state index in [0.717, 1.165) is 6.54 Å². The Hall–Kier alpha value is -0.981. The van der Waals surface area contributed by atoms with Crippen molar-refractivity contribution in [2.45, 2.75) is 6.92 Å². The molecule has 0 fully saturated rings. The van der Waals surface area contributed by atoms with Crippen LogP contribution in [0.5, 0.6) is 0 Å². The molecule has 0 amide bonds. The molecule has 0 aliphatic rings. The summed E-state index contributed by atoms with van der Waals surface area (Å²) >= 11 is 0. The van der Waals surface area contributed by atoms with Crippen molar-refractivity contribution in [3.8, 4) is 0 Å². The van der Waals surface area contributed by atoms with E-state index in [9.17, 15) is 0 Å². The summed E-state index contributed by atoms with van der Waals surface area (Å²) in [5.74, 6) is 0. The van der Waals surface area contributed by atoms with Crippen LogP contribution in [0.25, 0.3) is 0 Å². The molecule has 0 saturated heterocycles. The minimum absolute atomic E-state index is 0. The zero-order valence-electron chi connectivity index (χ0n) is 8.26. The Morgan fingerprint density at radius 3 is 2.00 bits per heavy atom. The predicted octanol–water partition coefficient (Wildman–Crippen LogP) is 3.24. The van der Waals surface area contributed by atoms with E-state index in [0.29, 0.717) is 0 Å². The quantitative estimate of drug-likeness (QED) is 0.615. The maximum Gasteiger partial charge on any atom is 2.00 e. The van der Waals surface area contributed by atoms with Crippen LogP contribution >= 0.6 is 0 Å². The summed E-state index contributed by atoms with van der Waals surface area (Å²) in [4.78, 5) is 0. The third kappa shape index (κ3) is 5.63. The van der Waals surface area contributed by atoms with E-state index in [1.165, 1.54) is 5.69 Å². The van der Waals surface area contributed by atoms with Crippen molar-refractivity contribution in [3.63, 3.8) is 0 Å². The first-order valence-corrected chi connectivity index (χ1v) is 4.55. The number of rotatable bonds is 2. The second-order valence-corrected chi connectivity index (χ2v) is 2.67. The second-order valence-electron chi connectivity index (χ2n) is 2.67. The van der Waals surface area contributed by atoms with E-state index in [1.807, 2.05) is 42.5 Å². The molecule has 0 radical (unpaired) electrons. The minimum atomic E-state index is 0. The summed E-state index contributed by atoms with van der Waals surface area (Å²) in [7, 11) is 0. The molecule has 0 atom stereocenters. The number of hydrogen-bond acceptors (Lipinski definition) is 1. The smallest absolute Gasteiger partial charge is 0.437 e. The first-order valence-electron chi connectivity index (χ1n) is 4.55. The van der Waals surface area contributed by atoms with Gasteiger partial charge in [-0.05, 0) is 6.92 Å². The summed E-state index contributed by atoms with van der Waals surface area (Å²) in [5.41, 5.74) is 1.22. The van der Waals surface area contributed by atoms with E-state index in [2.05, 4.69) is 24.4 Å². The van der Waals surface area contributed by atoms with E-state index >= 15 is 0 Å². The maximum absolute atomic E-state index is 3.19. The van der Waals surface area contributed by atoms with Crippen molar-refractivity contribution in [1.29, 1.82) is 0 Å². The summed E-state index contributed by atoms with van der Waals surface area (Å²) < 4.78 is 0. The van der Waals surface area contributed by atoms with Crippen LogP contribution in [0, 0.1) is 0 Å². The number of anilines is 1. The molecular formula is C12H15FeN. The van der Waals surface area contributed by atoms with Crippen LogP contribution in [-0.4, -0.2) is 6.54 Å². The fourth-order valence-corrected chi connectivity index (χ4v) is 1.02. The van der Waals surface area contributed by atoms with Gasteiger partial charge in [0.1, 0.15) is 0 Å². The first kappa shape index (κ1) is 13.0. The van der Waals surface area contributed by atoms with Gasteiger partial charge in [-0.25, -0.2) is 24.3 Å². The topological polar surface area (TPSA) is 12.0 Å². The largest absolute Gasteiger partial charge is 2.00 e. The van der Waals surface area contributed by atoms with Gasteiger partial charge in [0.2, 0.25) is 0 Å². The fourth-order valence-electron chi connectivity index (χ4n) is 1.02. The van der Waals surface area contributed by atoms with E-state index in [1.54, 1.807) is 0 Å². The molecule has 0 bridgehead atoms. The van der Waals surface area contributed by atoms with E-state index < -0.39 is 0 Å². The van der Waals surface area contributed by atoms with Crippen LogP contribution in [0.1, 0.15) is 6.92 Å². The SMILES string of the molecule is CCN[c-]1cccc1.[Fe+2].c1cc[cH-]c1. The average molecular weight is 229 g/mol. The van der Waals surface area contributed by atoms with Gasteiger partial charge in [0, 0.05) is 6.54 Å². The summed E-state index contributed by atoms with van der Waals surface area (Å²) in [6, 6.07) is 18.2. The van der Waals surface area contributed by atoms with Crippen LogP contribution in [0.4, 0.5) is 5.69 Å². The Labute approximate surface area is 96.3 Å². The molecule has 0 saturated carbocycles. The molecule has 0 unspecified atom stereocenters. The normalized spacial score (nSPS) is 8.07. The van der Waals surface area contributed by atoms with Crippen LogP contribution in [0.15, 0.2) is 54.6 Å². The molecule has 2 rings (SSSR count). The van der Waals surface area contributed by atoms with Crippen molar-refractivity contribution in [1.82, 2.24) is 0 Å². The molecule has 0 heterocycles. The predicted molar refractivity (Wildman–Crippen MR) is 58.2 cm³/mol. The van der Waals surface area contributed by atoms with Gasteiger partial charge in [-0.2, -0.15) is 30.3 Å². The second kappa shape index (κ2) is 8.61. The van der Waals surface area contributed by atoms with E-state index in [-0.39, 0.29) is 17.1 Å². The van der Waals surface area contributed by atoms with Crippen molar-refractivity contribution in [3.05, 3.63) is 54.6 Å². The van der Waals surface area contributed by atoms with Gasteiger partial charge in [0.05, 0.1) is 0 Å². The maximum atomic E-state index is 3.19. The van der Waals surface area contributed by atoms with Crippen molar-refractivity contribution < 1.29 is 17.1 Å².